The predicted molar refractivity (Wildman–Crippen MR) is 24.7 cm³/mol. The second-order valence-electron chi connectivity index (χ2n) is 1.42. The van der Waals surface area contributed by atoms with Crippen LogP contribution in [0.2, 0.25) is 0 Å². The Morgan fingerprint density at radius 1 is 1.67 bits per heavy atom. The van der Waals surface area contributed by atoms with Crippen molar-refractivity contribution in [2.45, 2.75) is 18.6 Å². The van der Waals surface area contributed by atoms with Crippen molar-refractivity contribution in [3.63, 3.8) is 0 Å². The highest BCUT2D eigenvalue weighted by molar-refractivity contribution is 5.85. The SMILES string of the molecule is Cl.N[C@H]1CC1F. The molecular formula is C3H7ClFN. The van der Waals surface area contributed by atoms with Crippen molar-refractivity contribution < 1.29 is 4.39 Å². The number of hydrogen-bond donors (Lipinski definition) is 1. The molecule has 2 N–H and O–H groups in total. The first-order chi connectivity index (χ1) is 2.30. The van der Waals surface area contributed by atoms with Gasteiger partial charge in [0.2, 0.25) is 0 Å². The number of alkyl halides is 1. The fourth-order valence-electron chi connectivity index (χ4n) is 0.181. The lowest BCUT2D eigenvalue weighted by atomic mass is 10.8. The standard InChI is InChI=1S/C3H6FN.ClH/c4-2-1-3(2)5;/h2-3H,1,5H2;1H/t2?,3-;/m0./s1. The first kappa shape index (κ1) is 6.18. The molecule has 0 spiro atoms. The number of nitrogens with two attached hydrogens (primary N) is 1. The van der Waals surface area contributed by atoms with Crippen LogP contribution >= 0.6 is 12.4 Å². The van der Waals surface area contributed by atoms with Gasteiger partial charge in [0.15, 0.2) is 0 Å². The van der Waals surface area contributed by atoms with Crippen LogP contribution in [0.4, 0.5) is 4.39 Å². The van der Waals surface area contributed by atoms with Crippen molar-refractivity contribution in [1.29, 1.82) is 0 Å². The summed E-state index contributed by atoms with van der Waals surface area (Å²) in [5, 5.41) is 0. The van der Waals surface area contributed by atoms with Gasteiger partial charge in [-0.1, -0.05) is 0 Å². The highest BCUT2D eigenvalue weighted by Crippen LogP contribution is 2.21. The van der Waals surface area contributed by atoms with E-state index in [0.29, 0.717) is 6.42 Å². The number of hydrogen-bond acceptors (Lipinski definition) is 1. The molecule has 1 saturated carbocycles. The van der Waals surface area contributed by atoms with Crippen LogP contribution in [0, 0.1) is 0 Å². The van der Waals surface area contributed by atoms with Gasteiger partial charge in [-0.3, -0.25) is 0 Å². The zero-order valence-electron chi connectivity index (χ0n) is 3.23. The average Bonchev–Trinajstić information content (AvgIpc) is 1.79. The van der Waals surface area contributed by atoms with E-state index in [1.54, 1.807) is 0 Å². The summed E-state index contributed by atoms with van der Waals surface area (Å²) < 4.78 is 11.4. The molecule has 0 bridgehead atoms. The van der Waals surface area contributed by atoms with Crippen molar-refractivity contribution in [3.8, 4) is 0 Å². The Kier molecular flexibility index (Phi) is 1.81. The first-order valence-corrected chi connectivity index (χ1v) is 1.70. The molecule has 1 aliphatic rings. The highest BCUT2D eigenvalue weighted by Gasteiger charge is 2.32. The molecule has 0 heterocycles. The van der Waals surface area contributed by atoms with Crippen molar-refractivity contribution in [2.75, 3.05) is 0 Å². The Bertz CT molecular complexity index is 44.1. The molecule has 1 aliphatic carbocycles. The summed E-state index contributed by atoms with van der Waals surface area (Å²) in [5.41, 5.74) is 4.99. The maximum Gasteiger partial charge on any atom is 0.117 e. The van der Waals surface area contributed by atoms with Crippen LogP contribution < -0.4 is 5.73 Å². The van der Waals surface area contributed by atoms with Crippen molar-refractivity contribution in [1.82, 2.24) is 0 Å². The van der Waals surface area contributed by atoms with E-state index in [0.717, 1.165) is 0 Å². The third kappa shape index (κ3) is 1.11. The number of rotatable bonds is 0. The van der Waals surface area contributed by atoms with E-state index in [1.165, 1.54) is 0 Å². The average molecular weight is 112 g/mol. The second-order valence-corrected chi connectivity index (χ2v) is 1.42. The normalized spacial score (nSPS) is 41.0. The Balaban J connectivity index is 0.000000250. The van der Waals surface area contributed by atoms with Gasteiger partial charge in [0.05, 0.1) is 0 Å². The third-order valence-electron chi connectivity index (χ3n) is 0.759. The van der Waals surface area contributed by atoms with Crippen molar-refractivity contribution >= 4 is 12.4 Å². The molecule has 0 amide bonds. The molecule has 0 aromatic carbocycles. The van der Waals surface area contributed by atoms with Gasteiger partial charge in [-0.05, 0) is 6.42 Å². The largest absolute Gasteiger partial charge is 0.325 e. The van der Waals surface area contributed by atoms with E-state index in [9.17, 15) is 4.39 Å². The Hall–Kier alpha value is 0.180. The topological polar surface area (TPSA) is 26.0 Å². The van der Waals surface area contributed by atoms with Gasteiger partial charge in [-0.25, -0.2) is 4.39 Å². The zero-order chi connectivity index (χ0) is 3.86. The van der Waals surface area contributed by atoms with Crippen LogP contribution in [-0.4, -0.2) is 12.2 Å². The fraction of sp³-hybridized carbons (Fsp3) is 1.00. The monoisotopic (exact) mass is 111 g/mol. The fourth-order valence-corrected chi connectivity index (χ4v) is 0.181. The summed E-state index contributed by atoms with van der Waals surface area (Å²) in [7, 11) is 0. The minimum absolute atomic E-state index is 0. The van der Waals surface area contributed by atoms with Crippen LogP contribution in [0.3, 0.4) is 0 Å². The summed E-state index contributed by atoms with van der Waals surface area (Å²) in [6.45, 7) is 0. The molecule has 1 fully saturated rings. The second kappa shape index (κ2) is 1.76. The summed E-state index contributed by atoms with van der Waals surface area (Å²) in [4.78, 5) is 0. The Labute approximate surface area is 42.1 Å². The van der Waals surface area contributed by atoms with Crippen LogP contribution in [0.1, 0.15) is 6.42 Å². The Morgan fingerprint density at radius 2 is 1.83 bits per heavy atom. The van der Waals surface area contributed by atoms with Gasteiger partial charge in [0, 0.05) is 6.04 Å². The molecule has 0 radical (unpaired) electrons. The molecule has 0 aliphatic heterocycles. The summed E-state index contributed by atoms with van der Waals surface area (Å²) in [6, 6.07) is -0.116. The minimum atomic E-state index is -0.671. The van der Waals surface area contributed by atoms with Crippen LogP contribution in [0.25, 0.3) is 0 Å². The molecule has 38 valence electrons. The molecule has 1 rings (SSSR count). The maximum absolute atomic E-state index is 11.4. The van der Waals surface area contributed by atoms with Crippen molar-refractivity contribution in [3.05, 3.63) is 0 Å². The molecule has 0 aromatic heterocycles. The first-order valence-electron chi connectivity index (χ1n) is 1.70. The highest BCUT2D eigenvalue weighted by atomic mass is 35.5. The van der Waals surface area contributed by atoms with Gasteiger partial charge >= 0.3 is 0 Å². The molecule has 6 heavy (non-hydrogen) atoms. The maximum atomic E-state index is 11.4. The van der Waals surface area contributed by atoms with Crippen molar-refractivity contribution in [2.24, 2.45) is 5.73 Å². The summed E-state index contributed by atoms with van der Waals surface area (Å²) in [6.07, 6.45) is -0.0880. The van der Waals surface area contributed by atoms with Crippen LogP contribution in [-0.2, 0) is 0 Å². The van der Waals surface area contributed by atoms with Gasteiger partial charge in [0.1, 0.15) is 6.17 Å². The number of halogens is 2. The molecule has 1 nitrogen and oxygen atoms in total. The lowest BCUT2D eigenvalue weighted by molar-refractivity contribution is 0.467. The van der Waals surface area contributed by atoms with Gasteiger partial charge in [-0.2, -0.15) is 0 Å². The zero-order valence-corrected chi connectivity index (χ0v) is 4.04. The minimum Gasteiger partial charge on any atom is -0.325 e. The van der Waals surface area contributed by atoms with Gasteiger partial charge in [-0.15, -0.1) is 12.4 Å². The van der Waals surface area contributed by atoms with Gasteiger partial charge < -0.3 is 5.73 Å². The van der Waals surface area contributed by atoms with Crippen LogP contribution in [0.5, 0.6) is 0 Å². The molecule has 1 unspecified atom stereocenters. The molecule has 3 heteroatoms. The predicted octanol–water partition coefficient (Wildman–Crippen LogP) is 0.477. The van der Waals surface area contributed by atoms with E-state index in [-0.39, 0.29) is 18.4 Å². The third-order valence-corrected chi connectivity index (χ3v) is 0.759. The van der Waals surface area contributed by atoms with E-state index in [2.05, 4.69) is 0 Å². The van der Waals surface area contributed by atoms with E-state index in [4.69, 9.17) is 5.73 Å². The summed E-state index contributed by atoms with van der Waals surface area (Å²) >= 11 is 0. The Morgan fingerprint density at radius 3 is 1.83 bits per heavy atom. The van der Waals surface area contributed by atoms with E-state index < -0.39 is 6.17 Å². The molecule has 0 aromatic rings. The quantitative estimate of drug-likeness (QED) is 0.484. The van der Waals surface area contributed by atoms with E-state index >= 15 is 0 Å². The van der Waals surface area contributed by atoms with Gasteiger partial charge in [0.25, 0.3) is 0 Å². The lowest BCUT2D eigenvalue weighted by Crippen LogP contribution is -2.00. The van der Waals surface area contributed by atoms with Crippen LogP contribution in [0.15, 0.2) is 0 Å². The molecule has 2 atom stereocenters. The molecular weight excluding hydrogens is 104 g/mol. The molecule has 0 saturated heterocycles. The smallest absolute Gasteiger partial charge is 0.117 e. The van der Waals surface area contributed by atoms with E-state index in [1.807, 2.05) is 0 Å². The summed E-state index contributed by atoms with van der Waals surface area (Å²) in [5.74, 6) is 0. The lowest BCUT2D eigenvalue weighted by Gasteiger charge is -1.66.